The number of carbonyl (C=O) groups is 1. The molecular formula is C16H24N2OS. The molecule has 0 saturated heterocycles. The monoisotopic (exact) mass is 292 g/mol. The first-order valence-electron chi connectivity index (χ1n) is 7.75. The van der Waals surface area contributed by atoms with E-state index in [1.807, 2.05) is 11.3 Å². The topological polar surface area (TPSA) is 46.3 Å². The second-order valence-electron chi connectivity index (χ2n) is 6.27. The minimum atomic E-state index is -0.346. The van der Waals surface area contributed by atoms with Gasteiger partial charge in [0.15, 0.2) is 0 Å². The zero-order valence-corrected chi connectivity index (χ0v) is 13.2. The minimum absolute atomic E-state index is 0.160. The van der Waals surface area contributed by atoms with Crippen molar-refractivity contribution in [1.29, 1.82) is 0 Å². The number of fused-ring (bicyclic) bond motifs is 1. The number of hydrogen-bond donors (Lipinski definition) is 1. The highest BCUT2D eigenvalue weighted by molar-refractivity contribution is 7.10. The first kappa shape index (κ1) is 14.1. The third-order valence-electron chi connectivity index (χ3n) is 4.91. The molecule has 2 aliphatic rings. The molecule has 2 N–H and O–H groups in total. The fourth-order valence-corrected chi connectivity index (χ4v) is 4.12. The average Bonchev–Trinajstić information content (AvgIpc) is 3.20. The summed E-state index contributed by atoms with van der Waals surface area (Å²) in [7, 11) is 0. The van der Waals surface area contributed by atoms with Gasteiger partial charge in [0.25, 0.3) is 0 Å². The van der Waals surface area contributed by atoms with Crippen LogP contribution in [0, 0.1) is 11.8 Å². The van der Waals surface area contributed by atoms with E-state index in [-0.39, 0.29) is 17.9 Å². The number of hydrogen-bond acceptors (Lipinski definition) is 3. The van der Waals surface area contributed by atoms with Crippen molar-refractivity contribution in [2.24, 2.45) is 17.6 Å². The predicted octanol–water partition coefficient (Wildman–Crippen LogP) is 2.96. The maximum atomic E-state index is 12.8. The van der Waals surface area contributed by atoms with Gasteiger partial charge in [-0.1, -0.05) is 20.3 Å². The number of carbonyl (C=O) groups excluding carboxylic acids is 1. The molecule has 110 valence electrons. The Morgan fingerprint density at radius 2 is 2.30 bits per heavy atom. The lowest BCUT2D eigenvalue weighted by Gasteiger charge is -2.38. The fourth-order valence-electron chi connectivity index (χ4n) is 3.20. The molecule has 4 heteroatoms. The molecule has 0 aromatic carbocycles. The van der Waals surface area contributed by atoms with E-state index in [4.69, 9.17) is 5.73 Å². The van der Waals surface area contributed by atoms with Crippen LogP contribution in [0.3, 0.4) is 0 Å². The van der Waals surface area contributed by atoms with Crippen LogP contribution < -0.4 is 5.73 Å². The van der Waals surface area contributed by atoms with Crippen LogP contribution in [0.2, 0.25) is 0 Å². The summed E-state index contributed by atoms with van der Waals surface area (Å²) in [5.74, 6) is 1.08. The maximum absolute atomic E-state index is 12.8. The summed E-state index contributed by atoms with van der Waals surface area (Å²) >= 11 is 1.84. The highest BCUT2D eigenvalue weighted by Crippen LogP contribution is 2.48. The third kappa shape index (κ3) is 2.40. The van der Waals surface area contributed by atoms with Gasteiger partial charge in [-0.25, -0.2) is 0 Å². The zero-order chi connectivity index (χ0) is 14.3. The van der Waals surface area contributed by atoms with E-state index >= 15 is 0 Å². The summed E-state index contributed by atoms with van der Waals surface area (Å²) in [5.41, 5.74) is 7.59. The average molecular weight is 292 g/mol. The molecule has 0 spiro atoms. The Morgan fingerprint density at radius 3 is 2.95 bits per heavy atom. The highest BCUT2D eigenvalue weighted by Gasteiger charge is 2.43. The molecule has 3 atom stereocenters. The highest BCUT2D eigenvalue weighted by atomic mass is 32.1. The molecule has 3 rings (SSSR count). The number of nitrogens with zero attached hydrogens (tertiary/aromatic N) is 1. The lowest BCUT2D eigenvalue weighted by Crippen LogP contribution is -2.50. The largest absolute Gasteiger partial charge is 0.334 e. The Morgan fingerprint density at radius 1 is 1.55 bits per heavy atom. The Labute approximate surface area is 125 Å². The van der Waals surface area contributed by atoms with Crippen molar-refractivity contribution >= 4 is 17.2 Å². The first-order valence-corrected chi connectivity index (χ1v) is 8.63. The summed E-state index contributed by atoms with van der Waals surface area (Å²) in [5, 5.41) is 2.17. The zero-order valence-electron chi connectivity index (χ0n) is 12.3. The molecular weight excluding hydrogens is 268 g/mol. The molecule has 0 bridgehead atoms. The number of amides is 1. The van der Waals surface area contributed by atoms with Crippen LogP contribution in [0.1, 0.15) is 49.6 Å². The van der Waals surface area contributed by atoms with Crippen LogP contribution >= 0.6 is 11.3 Å². The van der Waals surface area contributed by atoms with Crippen LogP contribution in [0.5, 0.6) is 0 Å². The third-order valence-corrected chi connectivity index (χ3v) is 5.90. The van der Waals surface area contributed by atoms with Gasteiger partial charge in [0, 0.05) is 11.4 Å². The fraction of sp³-hybridized carbons (Fsp3) is 0.688. The van der Waals surface area contributed by atoms with E-state index in [9.17, 15) is 4.79 Å². The van der Waals surface area contributed by atoms with Crippen molar-refractivity contribution in [3.05, 3.63) is 21.9 Å². The molecule has 1 fully saturated rings. The number of nitrogens with two attached hydrogens (primary N) is 1. The lowest BCUT2D eigenvalue weighted by molar-refractivity contribution is -0.137. The maximum Gasteiger partial charge on any atom is 0.240 e. The van der Waals surface area contributed by atoms with E-state index in [1.54, 1.807) is 0 Å². The molecule has 1 aliphatic heterocycles. The number of thiophene rings is 1. The molecule has 1 aromatic heterocycles. The van der Waals surface area contributed by atoms with Crippen LogP contribution in [0.25, 0.3) is 0 Å². The van der Waals surface area contributed by atoms with Gasteiger partial charge in [0.2, 0.25) is 5.91 Å². The molecule has 2 unspecified atom stereocenters. The molecule has 0 radical (unpaired) electrons. The van der Waals surface area contributed by atoms with Gasteiger partial charge in [0.05, 0.1) is 12.1 Å². The van der Waals surface area contributed by atoms with Gasteiger partial charge < -0.3 is 10.6 Å². The summed E-state index contributed by atoms with van der Waals surface area (Å²) in [6.07, 6.45) is 4.46. The second-order valence-corrected chi connectivity index (χ2v) is 7.28. The van der Waals surface area contributed by atoms with Crippen LogP contribution in [0.15, 0.2) is 11.4 Å². The molecule has 3 nitrogen and oxygen atoms in total. The summed E-state index contributed by atoms with van der Waals surface area (Å²) in [6.45, 7) is 5.02. The normalized spacial score (nSPS) is 25.1. The predicted molar refractivity (Wildman–Crippen MR) is 82.6 cm³/mol. The standard InChI is InChI=1S/C16H24N2OS/c1-3-10(2)14(17)16(19)18-8-6-13-12(7-9-20-13)15(18)11-4-5-11/h7,9-11,14-15H,3-6,8,17H2,1-2H3/t10?,14-,15?/m0/s1. The van der Waals surface area contributed by atoms with Crippen LogP contribution in [0.4, 0.5) is 0 Å². The Balaban J connectivity index is 1.84. The molecule has 1 amide bonds. The molecule has 20 heavy (non-hydrogen) atoms. The molecule has 2 heterocycles. The van der Waals surface area contributed by atoms with Gasteiger partial charge in [0.1, 0.15) is 0 Å². The van der Waals surface area contributed by atoms with E-state index in [1.165, 1.54) is 23.3 Å². The van der Waals surface area contributed by atoms with Crippen LogP contribution in [-0.2, 0) is 11.2 Å². The smallest absolute Gasteiger partial charge is 0.240 e. The minimum Gasteiger partial charge on any atom is -0.334 e. The van der Waals surface area contributed by atoms with Crippen molar-refractivity contribution < 1.29 is 4.79 Å². The van der Waals surface area contributed by atoms with Crippen molar-refractivity contribution in [3.8, 4) is 0 Å². The van der Waals surface area contributed by atoms with E-state index < -0.39 is 0 Å². The van der Waals surface area contributed by atoms with Gasteiger partial charge in [-0.05, 0) is 48.1 Å². The Kier molecular flexibility index (Phi) is 3.87. The van der Waals surface area contributed by atoms with Crippen molar-refractivity contribution in [2.45, 2.75) is 51.6 Å². The van der Waals surface area contributed by atoms with Gasteiger partial charge >= 0.3 is 0 Å². The second kappa shape index (κ2) is 5.49. The van der Waals surface area contributed by atoms with E-state index in [0.29, 0.717) is 12.0 Å². The molecule has 1 aliphatic carbocycles. The molecule has 1 aromatic rings. The van der Waals surface area contributed by atoms with Crippen molar-refractivity contribution in [3.63, 3.8) is 0 Å². The van der Waals surface area contributed by atoms with Crippen LogP contribution in [-0.4, -0.2) is 23.4 Å². The quantitative estimate of drug-likeness (QED) is 0.927. The summed E-state index contributed by atoms with van der Waals surface area (Å²) < 4.78 is 0. The van der Waals surface area contributed by atoms with Gasteiger partial charge in [-0.2, -0.15) is 0 Å². The van der Waals surface area contributed by atoms with Gasteiger partial charge in [-0.15, -0.1) is 11.3 Å². The van der Waals surface area contributed by atoms with Gasteiger partial charge in [-0.3, -0.25) is 4.79 Å². The SMILES string of the molecule is CCC(C)[C@H](N)C(=O)N1CCc2sccc2C1C1CC1. The Hall–Kier alpha value is -0.870. The summed E-state index contributed by atoms with van der Waals surface area (Å²) in [4.78, 5) is 16.3. The van der Waals surface area contributed by atoms with E-state index in [0.717, 1.165) is 19.4 Å². The summed E-state index contributed by atoms with van der Waals surface area (Å²) in [6, 6.07) is 2.17. The molecule has 1 saturated carbocycles. The van der Waals surface area contributed by atoms with Crippen molar-refractivity contribution in [1.82, 2.24) is 4.90 Å². The first-order chi connectivity index (χ1) is 9.63. The lowest BCUT2D eigenvalue weighted by atomic mass is 9.92. The van der Waals surface area contributed by atoms with Crippen molar-refractivity contribution in [2.75, 3.05) is 6.54 Å². The number of rotatable bonds is 4. The van der Waals surface area contributed by atoms with E-state index in [2.05, 4.69) is 30.2 Å². The Bertz CT molecular complexity index is 494.